The first-order valence-electron chi connectivity index (χ1n) is 9.91. The van der Waals surface area contributed by atoms with E-state index in [1.807, 2.05) is 0 Å². The van der Waals surface area contributed by atoms with Gasteiger partial charge in [0.05, 0.1) is 11.4 Å². The number of benzene rings is 1. The molecule has 0 radical (unpaired) electrons. The minimum atomic E-state index is -4.70. The van der Waals surface area contributed by atoms with E-state index in [9.17, 15) is 22.0 Å². The van der Waals surface area contributed by atoms with Gasteiger partial charge in [0.25, 0.3) is 0 Å². The number of alkyl halides is 3. The first kappa shape index (κ1) is 25.2. The van der Waals surface area contributed by atoms with Gasteiger partial charge in [-0.1, -0.05) is 6.92 Å². The van der Waals surface area contributed by atoms with Crippen molar-refractivity contribution in [2.45, 2.75) is 19.0 Å². The lowest BCUT2D eigenvalue weighted by Crippen LogP contribution is -2.16. The average molecular weight is 490 g/mol. The molecule has 1 atom stereocenters. The van der Waals surface area contributed by atoms with E-state index in [0.29, 0.717) is 29.2 Å². The van der Waals surface area contributed by atoms with E-state index in [2.05, 4.69) is 24.9 Å². The van der Waals surface area contributed by atoms with E-state index >= 15 is 0 Å². The molecule has 182 valence electrons. The number of hydrogen-bond acceptors (Lipinski definition) is 5. The van der Waals surface area contributed by atoms with Gasteiger partial charge in [-0.05, 0) is 30.0 Å². The van der Waals surface area contributed by atoms with Crippen LogP contribution >= 0.6 is 0 Å². The van der Waals surface area contributed by atoms with E-state index < -0.39 is 29.6 Å². The fourth-order valence-electron chi connectivity index (χ4n) is 3.09. The average Bonchev–Trinajstić information content (AvgIpc) is 3.26. The van der Waals surface area contributed by atoms with Crippen molar-refractivity contribution in [2.24, 2.45) is 21.5 Å². The van der Waals surface area contributed by atoms with Crippen LogP contribution in [0.25, 0.3) is 11.1 Å². The lowest BCUT2D eigenvalue weighted by molar-refractivity contribution is -0.144. The lowest BCUT2D eigenvalue weighted by Gasteiger charge is -2.10. The molecule has 6 N–H and O–H groups in total. The van der Waals surface area contributed by atoms with E-state index in [-0.39, 0.29) is 22.8 Å². The molecule has 1 aromatic carbocycles. The Morgan fingerprint density at radius 1 is 1.17 bits per heavy atom. The highest BCUT2D eigenvalue weighted by Gasteiger charge is 2.34. The number of allylic oxidation sites excluding steroid dienone is 1. The molecule has 0 bridgehead atoms. The Morgan fingerprint density at radius 3 is 2.43 bits per heavy atom. The fraction of sp³-hybridized carbons (Fsp3) is 0.136. The molecule has 8 nitrogen and oxygen atoms in total. The summed E-state index contributed by atoms with van der Waals surface area (Å²) in [6.45, 7) is 1.73. The second-order valence-electron chi connectivity index (χ2n) is 7.19. The van der Waals surface area contributed by atoms with Crippen molar-refractivity contribution in [1.82, 2.24) is 15.0 Å². The second-order valence-corrected chi connectivity index (χ2v) is 7.19. The second kappa shape index (κ2) is 10.2. The molecule has 1 unspecified atom stereocenters. The van der Waals surface area contributed by atoms with Gasteiger partial charge < -0.3 is 16.5 Å². The third-order valence-corrected chi connectivity index (χ3v) is 4.94. The minimum Gasteiger partial charge on any atom is -0.404 e. The number of aliphatic imine (C=N–C) groups is 2. The summed E-state index contributed by atoms with van der Waals surface area (Å²) in [6.07, 6.45) is 0.537. The van der Waals surface area contributed by atoms with Crippen molar-refractivity contribution in [3.05, 3.63) is 77.3 Å². The molecule has 0 aliphatic carbocycles. The van der Waals surface area contributed by atoms with Crippen LogP contribution in [0, 0.1) is 17.0 Å². The maximum atomic E-state index is 13.9. The predicted octanol–water partition coefficient (Wildman–Crippen LogP) is 4.43. The molecular formula is C22H19F5N8. The van der Waals surface area contributed by atoms with Crippen LogP contribution in [0.3, 0.4) is 0 Å². The van der Waals surface area contributed by atoms with Crippen LogP contribution < -0.4 is 11.5 Å². The summed E-state index contributed by atoms with van der Waals surface area (Å²) >= 11 is 0. The molecule has 3 rings (SSSR count). The SMILES string of the molecule is CC(C(C=Nc1ccc(F)cc1F)=CN)c1cc(-c2cnc(C(F)(F)F)nc2)c(C(N)=NC=N)[nH]1. The molecule has 0 spiro atoms. The first-order chi connectivity index (χ1) is 16.5. The maximum absolute atomic E-state index is 13.9. The van der Waals surface area contributed by atoms with Gasteiger partial charge in [-0.3, -0.25) is 10.4 Å². The molecule has 0 aliphatic heterocycles. The summed E-state index contributed by atoms with van der Waals surface area (Å²) in [7, 11) is 0. The summed E-state index contributed by atoms with van der Waals surface area (Å²) < 4.78 is 65.5. The fourth-order valence-corrected chi connectivity index (χ4v) is 3.09. The summed E-state index contributed by atoms with van der Waals surface area (Å²) in [6, 6.07) is 4.52. The number of nitrogens with one attached hydrogen (secondary N) is 2. The Labute approximate surface area is 195 Å². The summed E-state index contributed by atoms with van der Waals surface area (Å²) in [4.78, 5) is 17.5. The van der Waals surface area contributed by atoms with E-state index in [1.165, 1.54) is 18.5 Å². The zero-order valence-electron chi connectivity index (χ0n) is 18.1. The Kier molecular flexibility index (Phi) is 7.37. The third kappa shape index (κ3) is 5.75. The van der Waals surface area contributed by atoms with Gasteiger partial charge in [-0.25, -0.2) is 23.7 Å². The standard InChI is InChI=1S/C22H19F5N8/c1-11(12(6-28)7-31-17-3-2-14(23)4-16(17)24)18-5-15(19(35-18)20(30)34-10-29)13-8-32-21(33-9-13)22(25,26)27/h2-11,35H,28H2,1H3,(H3,29,30,34). The van der Waals surface area contributed by atoms with Crippen molar-refractivity contribution in [2.75, 3.05) is 0 Å². The first-order valence-corrected chi connectivity index (χ1v) is 9.91. The summed E-state index contributed by atoms with van der Waals surface area (Å²) in [5.41, 5.74) is 13.3. The number of rotatable bonds is 7. The molecule has 13 heteroatoms. The van der Waals surface area contributed by atoms with Gasteiger partial charge in [0.1, 0.15) is 18.0 Å². The van der Waals surface area contributed by atoms with Gasteiger partial charge in [-0.2, -0.15) is 13.2 Å². The van der Waals surface area contributed by atoms with Crippen molar-refractivity contribution >= 4 is 24.1 Å². The van der Waals surface area contributed by atoms with Crippen molar-refractivity contribution in [3.63, 3.8) is 0 Å². The normalized spacial score (nSPS) is 13.9. The van der Waals surface area contributed by atoms with Crippen molar-refractivity contribution in [1.29, 1.82) is 5.41 Å². The lowest BCUT2D eigenvalue weighted by atomic mass is 9.98. The smallest absolute Gasteiger partial charge is 0.404 e. The maximum Gasteiger partial charge on any atom is 0.451 e. The zero-order chi connectivity index (χ0) is 25.8. The van der Waals surface area contributed by atoms with Gasteiger partial charge in [0, 0.05) is 47.4 Å². The molecule has 2 aromatic heterocycles. The van der Waals surface area contributed by atoms with Crippen molar-refractivity contribution in [3.8, 4) is 11.1 Å². The molecule has 2 heterocycles. The van der Waals surface area contributed by atoms with E-state index in [0.717, 1.165) is 18.5 Å². The monoisotopic (exact) mass is 490 g/mol. The number of nitrogens with zero attached hydrogens (tertiary/aromatic N) is 4. The number of aromatic nitrogens is 3. The Hall–Kier alpha value is -4.42. The number of nitrogens with two attached hydrogens (primary N) is 2. The topological polar surface area (TPSA) is 142 Å². The van der Waals surface area contributed by atoms with E-state index in [1.54, 1.807) is 13.0 Å². The van der Waals surface area contributed by atoms with Crippen LogP contribution in [0.5, 0.6) is 0 Å². The molecule has 0 fully saturated rings. The molecule has 0 saturated carbocycles. The highest BCUT2D eigenvalue weighted by molar-refractivity contribution is 6.04. The number of amidine groups is 1. The quantitative estimate of drug-likeness (QED) is 0.221. The summed E-state index contributed by atoms with van der Waals surface area (Å²) in [5.74, 6) is -3.48. The van der Waals surface area contributed by atoms with Crippen LogP contribution in [-0.2, 0) is 6.18 Å². The number of halogens is 5. The molecule has 3 aromatic rings. The van der Waals surface area contributed by atoms with Gasteiger partial charge in [0.2, 0.25) is 5.82 Å². The number of hydrogen-bond donors (Lipinski definition) is 4. The van der Waals surface area contributed by atoms with Gasteiger partial charge >= 0.3 is 6.18 Å². The van der Waals surface area contributed by atoms with Crippen molar-refractivity contribution < 1.29 is 22.0 Å². The molecule has 0 amide bonds. The molecule has 0 aliphatic rings. The molecule has 35 heavy (non-hydrogen) atoms. The van der Waals surface area contributed by atoms with Crippen LogP contribution in [0.1, 0.15) is 30.1 Å². The summed E-state index contributed by atoms with van der Waals surface area (Å²) in [5, 5.41) is 7.16. The van der Waals surface area contributed by atoms with Gasteiger partial charge in [-0.15, -0.1) is 0 Å². The predicted molar refractivity (Wildman–Crippen MR) is 122 cm³/mol. The Morgan fingerprint density at radius 2 is 1.86 bits per heavy atom. The van der Waals surface area contributed by atoms with Crippen LogP contribution in [0.15, 0.2) is 58.4 Å². The molecular weight excluding hydrogens is 471 g/mol. The molecule has 0 saturated heterocycles. The largest absolute Gasteiger partial charge is 0.451 e. The Balaban J connectivity index is 2.00. The van der Waals surface area contributed by atoms with Gasteiger partial charge in [0.15, 0.2) is 5.82 Å². The third-order valence-electron chi connectivity index (χ3n) is 4.94. The zero-order valence-corrected chi connectivity index (χ0v) is 18.1. The van der Waals surface area contributed by atoms with E-state index in [4.69, 9.17) is 16.9 Å². The van der Waals surface area contributed by atoms with Crippen LogP contribution in [0.4, 0.5) is 27.6 Å². The number of aromatic amines is 1. The van der Waals surface area contributed by atoms with Crippen LogP contribution in [-0.4, -0.2) is 33.3 Å². The Bertz CT molecular complexity index is 1310. The minimum absolute atomic E-state index is 0.102. The van der Waals surface area contributed by atoms with Crippen LogP contribution in [0.2, 0.25) is 0 Å². The number of H-pyrrole nitrogens is 1. The highest BCUT2D eigenvalue weighted by atomic mass is 19.4. The highest BCUT2D eigenvalue weighted by Crippen LogP contribution is 2.32.